The monoisotopic (exact) mass is 407 g/mol. The smallest absolute Gasteiger partial charge is 0.229 e. The second-order valence-electron chi connectivity index (χ2n) is 7.16. The van der Waals surface area contributed by atoms with Gasteiger partial charge < -0.3 is 14.6 Å². The van der Waals surface area contributed by atoms with Crippen LogP contribution in [0.15, 0.2) is 48.2 Å². The second kappa shape index (κ2) is 7.36. The fourth-order valence-electron chi connectivity index (χ4n) is 3.91. The van der Waals surface area contributed by atoms with Gasteiger partial charge in [0.05, 0.1) is 37.2 Å². The summed E-state index contributed by atoms with van der Waals surface area (Å²) in [7, 11) is 1.66. The van der Waals surface area contributed by atoms with Gasteiger partial charge in [-0.25, -0.2) is 9.97 Å². The molecule has 1 N–H and O–H groups in total. The van der Waals surface area contributed by atoms with Gasteiger partial charge >= 0.3 is 0 Å². The molecule has 0 bridgehead atoms. The Morgan fingerprint density at radius 2 is 2.34 bits per heavy atom. The van der Waals surface area contributed by atoms with Crippen LogP contribution in [0.1, 0.15) is 30.4 Å². The summed E-state index contributed by atoms with van der Waals surface area (Å²) in [5.41, 5.74) is 2.74. The summed E-state index contributed by atoms with van der Waals surface area (Å²) in [6.07, 6.45) is 7.92. The number of methoxy groups -OCH3 is 1. The predicted octanol–water partition coefficient (Wildman–Crippen LogP) is 3.70. The first kappa shape index (κ1) is 17.9. The van der Waals surface area contributed by atoms with E-state index in [0.717, 1.165) is 52.9 Å². The number of likely N-dealkylation sites (tertiary alicyclic amines) is 1. The Morgan fingerprint density at radius 3 is 3.21 bits per heavy atom. The zero-order chi connectivity index (χ0) is 19.8. The molecule has 148 valence electrons. The van der Waals surface area contributed by atoms with Crippen LogP contribution in [-0.2, 0) is 11.2 Å². The standard InChI is InChI=1S/C21H21N5O2S/c1-28-16-5-2-4-14(10-16)17-12-22-20(24-17)18-6-3-7-26(18)19(27)11-15-13-25-8-9-29-21(25)23-15/h2,4-5,8-10,12-13,18H,3,6-7,11H2,1H3,(H,22,24)/t18-/m1/s1. The number of hydrogen-bond donors (Lipinski definition) is 1. The first-order valence-electron chi connectivity index (χ1n) is 9.61. The summed E-state index contributed by atoms with van der Waals surface area (Å²) < 4.78 is 7.27. The van der Waals surface area contributed by atoms with E-state index in [1.807, 2.05) is 57.5 Å². The molecule has 0 unspecified atom stereocenters. The fraction of sp³-hybridized carbons (Fsp3) is 0.286. The molecular formula is C21H21N5O2S. The van der Waals surface area contributed by atoms with E-state index < -0.39 is 0 Å². The summed E-state index contributed by atoms with van der Waals surface area (Å²) in [6, 6.07) is 7.83. The molecule has 29 heavy (non-hydrogen) atoms. The van der Waals surface area contributed by atoms with E-state index in [4.69, 9.17) is 4.74 Å². The lowest BCUT2D eigenvalue weighted by molar-refractivity contribution is -0.131. The van der Waals surface area contributed by atoms with Crippen LogP contribution in [0.5, 0.6) is 5.75 Å². The van der Waals surface area contributed by atoms with Gasteiger partial charge in [-0.3, -0.25) is 9.20 Å². The zero-order valence-electron chi connectivity index (χ0n) is 16.0. The molecule has 4 aromatic rings. The molecule has 1 aliphatic rings. The Bertz CT molecular complexity index is 1130. The fourth-order valence-corrected chi connectivity index (χ4v) is 4.63. The van der Waals surface area contributed by atoms with Crippen LogP contribution in [0.3, 0.4) is 0 Å². The third kappa shape index (κ3) is 3.40. The largest absolute Gasteiger partial charge is 0.497 e. The zero-order valence-corrected chi connectivity index (χ0v) is 16.9. The number of aromatic amines is 1. The number of nitrogens with one attached hydrogen (secondary N) is 1. The Morgan fingerprint density at radius 1 is 1.41 bits per heavy atom. The first-order chi connectivity index (χ1) is 14.2. The van der Waals surface area contributed by atoms with Gasteiger partial charge in [-0.15, -0.1) is 11.3 Å². The minimum atomic E-state index is -0.0226. The van der Waals surface area contributed by atoms with Crippen molar-refractivity contribution in [2.45, 2.75) is 25.3 Å². The first-order valence-corrected chi connectivity index (χ1v) is 10.5. The summed E-state index contributed by atoms with van der Waals surface area (Å²) in [6.45, 7) is 0.751. The maximum Gasteiger partial charge on any atom is 0.229 e. The molecule has 5 rings (SSSR count). The third-order valence-electron chi connectivity index (χ3n) is 5.34. The lowest BCUT2D eigenvalue weighted by Gasteiger charge is -2.23. The molecule has 4 heterocycles. The van der Waals surface area contributed by atoms with Crippen molar-refractivity contribution < 1.29 is 9.53 Å². The minimum Gasteiger partial charge on any atom is -0.497 e. The molecule has 0 aliphatic carbocycles. The van der Waals surface area contributed by atoms with E-state index in [9.17, 15) is 4.79 Å². The predicted molar refractivity (Wildman–Crippen MR) is 111 cm³/mol. The van der Waals surface area contributed by atoms with Crippen LogP contribution in [0, 0.1) is 0 Å². The number of amides is 1. The summed E-state index contributed by atoms with van der Waals surface area (Å²) in [5, 5.41) is 1.99. The molecular weight excluding hydrogens is 386 g/mol. The highest BCUT2D eigenvalue weighted by Crippen LogP contribution is 2.32. The van der Waals surface area contributed by atoms with Gasteiger partial charge in [0.15, 0.2) is 4.96 Å². The van der Waals surface area contributed by atoms with E-state index in [1.54, 1.807) is 18.4 Å². The molecule has 1 atom stereocenters. The number of thiazole rings is 1. The van der Waals surface area contributed by atoms with Crippen molar-refractivity contribution in [3.05, 3.63) is 59.8 Å². The van der Waals surface area contributed by atoms with Gasteiger partial charge in [0.1, 0.15) is 11.6 Å². The molecule has 1 amide bonds. The van der Waals surface area contributed by atoms with Gasteiger partial charge in [-0.1, -0.05) is 12.1 Å². The van der Waals surface area contributed by atoms with Crippen molar-refractivity contribution in [2.75, 3.05) is 13.7 Å². The molecule has 1 saturated heterocycles. The number of rotatable bonds is 5. The van der Waals surface area contributed by atoms with E-state index in [-0.39, 0.29) is 11.9 Å². The molecule has 7 nitrogen and oxygen atoms in total. The second-order valence-corrected chi connectivity index (χ2v) is 8.03. The van der Waals surface area contributed by atoms with Gasteiger partial charge in [0.25, 0.3) is 0 Å². The van der Waals surface area contributed by atoms with Crippen molar-refractivity contribution in [2.24, 2.45) is 0 Å². The lowest BCUT2D eigenvalue weighted by atomic mass is 10.1. The highest BCUT2D eigenvalue weighted by molar-refractivity contribution is 7.15. The number of ether oxygens (including phenoxy) is 1. The van der Waals surface area contributed by atoms with Gasteiger partial charge in [-0.05, 0) is 25.0 Å². The quantitative estimate of drug-likeness (QED) is 0.547. The molecule has 0 spiro atoms. The highest BCUT2D eigenvalue weighted by Gasteiger charge is 2.32. The van der Waals surface area contributed by atoms with Crippen LogP contribution in [0.25, 0.3) is 16.2 Å². The average molecular weight is 407 g/mol. The highest BCUT2D eigenvalue weighted by atomic mass is 32.1. The topological polar surface area (TPSA) is 75.5 Å². The maximum absolute atomic E-state index is 13.0. The van der Waals surface area contributed by atoms with E-state index in [0.29, 0.717) is 6.42 Å². The van der Waals surface area contributed by atoms with Crippen LogP contribution in [-0.4, -0.2) is 43.8 Å². The van der Waals surface area contributed by atoms with Gasteiger partial charge in [0, 0.05) is 29.9 Å². The van der Waals surface area contributed by atoms with Crippen LogP contribution < -0.4 is 4.74 Å². The number of hydrogen-bond acceptors (Lipinski definition) is 5. The number of carbonyl (C=O) groups is 1. The van der Waals surface area contributed by atoms with E-state index in [2.05, 4.69) is 15.0 Å². The van der Waals surface area contributed by atoms with E-state index >= 15 is 0 Å². The van der Waals surface area contributed by atoms with Gasteiger partial charge in [0.2, 0.25) is 5.91 Å². The maximum atomic E-state index is 13.0. The lowest BCUT2D eigenvalue weighted by Crippen LogP contribution is -2.32. The number of imidazole rings is 2. The molecule has 0 radical (unpaired) electrons. The summed E-state index contributed by atoms with van der Waals surface area (Å²) in [5.74, 6) is 1.73. The Labute approximate surface area is 172 Å². The number of aromatic nitrogens is 4. The average Bonchev–Trinajstić information content (AvgIpc) is 3.50. The molecule has 1 fully saturated rings. The third-order valence-corrected chi connectivity index (χ3v) is 6.11. The number of benzene rings is 1. The molecule has 1 aromatic carbocycles. The van der Waals surface area contributed by atoms with Crippen LogP contribution in [0.2, 0.25) is 0 Å². The number of nitrogens with zero attached hydrogens (tertiary/aromatic N) is 4. The normalized spacial score (nSPS) is 16.6. The van der Waals surface area contributed by atoms with Crippen molar-refractivity contribution in [1.29, 1.82) is 0 Å². The summed E-state index contributed by atoms with van der Waals surface area (Å²) in [4.78, 5) is 28.4. The molecule has 8 heteroatoms. The van der Waals surface area contributed by atoms with Crippen LogP contribution >= 0.6 is 11.3 Å². The van der Waals surface area contributed by atoms with Gasteiger partial charge in [-0.2, -0.15) is 0 Å². The Balaban J connectivity index is 1.34. The minimum absolute atomic E-state index is 0.0226. The molecule has 1 aliphatic heterocycles. The van der Waals surface area contributed by atoms with Crippen molar-refractivity contribution in [1.82, 2.24) is 24.3 Å². The molecule has 0 saturated carbocycles. The Kier molecular flexibility index (Phi) is 4.55. The van der Waals surface area contributed by atoms with Crippen molar-refractivity contribution >= 4 is 22.2 Å². The number of carbonyl (C=O) groups excluding carboxylic acids is 1. The van der Waals surface area contributed by atoms with Crippen molar-refractivity contribution in [3.63, 3.8) is 0 Å². The SMILES string of the molecule is COc1cccc(-c2cnc([C@H]3CCCN3C(=O)Cc3cn4ccsc4n3)[nH]2)c1. The number of H-pyrrole nitrogens is 1. The number of fused-ring (bicyclic) bond motifs is 1. The van der Waals surface area contributed by atoms with Crippen molar-refractivity contribution in [3.8, 4) is 17.0 Å². The summed E-state index contributed by atoms with van der Waals surface area (Å²) >= 11 is 1.57. The van der Waals surface area contributed by atoms with Crippen LogP contribution in [0.4, 0.5) is 0 Å². The van der Waals surface area contributed by atoms with E-state index in [1.165, 1.54) is 0 Å². The molecule has 3 aromatic heterocycles. The Hall–Kier alpha value is -3.13.